The van der Waals surface area contributed by atoms with Gasteiger partial charge in [-0.05, 0) is 6.92 Å². The number of carbonyl (C=O) groups is 1. The number of hydrogen-bond donors (Lipinski definition) is 1. The molecule has 0 amide bonds. The molecule has 0 radical (unpaired) electrons. The van der Waals surface area contributed by atoms with E-state index in [2.05, 4.69) is 5.10 Å². The molecule has 10 heavy (non-hydrogen) atoms. The molecule has 1 rings (SSSR count). The quantitative estimate of drug-likeness (QED) is 0.585. The van der Waals surface area contributed by atoms with Gasteiger partial charge in [-0.1, -0.05) is 0 Å². The largest absolute Gasteiger partial charge is 0.382 e. The first-order chi connectivity index (χ1) is 4.74. The Morgan fingerprint density at radius 1 is 1.90 bits per heavy atom. The number of aryl methyl sites for hydroxylation is 1. The standard InChI is InChI=1S/C6H9N3O/c1-5-4-6(7)8-9(5)2-3-10/h3-4H,2H2,1H3,(H2,7,8). The Kier molecular flexibility index (Phi) is 1.71. The van der Waals surface area contributed by atoms with Gasteiger partial charge in [0.2, 0.25) is 0 Å². The molecule has 0 bridgehead atoms. The predicted octanol–water partition coefficient (Wildman–Crippen LogP) is -0.0274. The van der Waals surface area contributed by atoms with E-state index in [0.29, 0.717) is 5.82 Å². The zero-order valence-corrected chi connectivity index (χ0v) is 5.74. The van der Waals surface area contributed by atoms with Gasteiger partial charge in [0.1, 0.15) is 12.1 Å². The lowest BCUT2D eigenvalue weighted by molar-refractivity contribution is -0.108. The van der Waals surface area contributed by atoms with Crippen molar-refractivity contribution in [2.24, 2.45) is 0 Å². The van der Waals surface area contributed by atoms with Gasteiger partial charge < -0.3 is 10.5 Å². The Morgan fingerprint density at radius 2 is 2.60 bits per heavy atom. The van der Waals surface area contributed by atoms with Crippen LogP contribution in [0, 0.1) is 6.92 Å². The summed E-state index contributed by atoms with van der Waals surface area (Å²) in [4.78, 5) is 10.0. The van der Waals surface area contributed by atoms with Gasteiger partial charge in [-0.25, -0.2) is 0 Å². The average molecular weight is 139 g/mol. The van der Waals surface area contributed by atoms with Crippen LogP contribution in [0.4, 0.5) is 5.82 Å². The van der Waals surface area contributed by atoms with Gasteiger partial charge in [0.15, 0.2) is 0 Å². The molecule has 0 aliphatic rings. The summed E-state index contributed by atoms with van der Waals surface area (Å²) in [6.07, 6.45) is 0.791. The lowest BCUT2D eigenvalue weighted by atomic mass is 10.4. The van der Waals surface area contributed by atoms with Gasteiger partial charge in [0, 0.05) is 11.8 Å². The second kappa shape index (κ2) is 2.51. The second-order valence-electron chi connectivity index (χ2n) is 2.06. The van der Waals surface area contributed by atoms with Gasteiger partial charge >= 0.3 is 0 Å². The normalized spacial score (nSPS) is 9.70. The molecular weight excluding hydrogens is 130 g/mol. The minimum atomic E-state index is 0.281. The Balaban J connectivity index is 2.91. The van der Waals surface area contributed by atoms with Crippen LogP contribution >= 0.6 is 0 Å². The van der Waals surface area contributed by atoms with E-state index in [0.717, 1.165) is 12.0 Å². The SMILES string of the molecule is Cc1cc(N)nn1CC=O. The summed E-state index contributed by atoms with van der Waals surface area (Å²) >= 11 is 0. The van der Waals surface area contributed by atoms with E-state index in [9.17, 15) is 4.79 Å². The van der Waals surface area contributed by atoms with Gasteiger partial charge in [-0.2, -0.15) is 5.10 Å². The minimum Gasteiger partial charge on any atom is -0.382 e. The van der Waals surface area contributed by atoms with Gasteiger partial charge in [0.05, 0.1) is 6.54 Å². The first-order valence-corrected chi connectivity index (χ1v) is 2.97. The Morgan fingerprint density at radius 3 is 3.00 bits per heavy atom. The van der Waals surface area contributed by atoms with E-state index in [4.69, 9.17) is 5.73 Å². The summed E-state index contributed by atoms with van der Waals surface area (Å²) in [6, 6.07) is 1.73. The highest BCUT2D eigenvalue weighted by Gasteiger charge is 1.97. The zero-order valence-electron chi connectivity index (χ0n) is 5.74. The summed E-state index contributed by atoms with van der Waals surface area (Å²) in [5.41, 5.74) is 6.27. The van der Waals surface area contributed by atoms with E-state index in [1.54, 1.807) is 10.7 Å². The van der Waals surface area contributed by atoms with Gasteiger partial charge in [-0.15, -0.1) is 0 Å². The molecule has 0 fully saturated rings. The molecule has 1 aromatic heterocycles. The van der Waals surface area contributed by atoms with Crippen molar-refractivity contribution in [1.29, 1.82) is 0 Å². The Hall–Kier alpha value is -1.32. The highest BCUT2D eigenvalue weighted by atomic mass is 16.1. The highest BCUT2D eigenvalue weighted by Crippen LogP contribution is 2.02. The van der Waals surface area contributed by atoms with Crippen molar-refractivity contribution in [3.63, 3.8) is 0 Å². The molecule has 0 aliphatic carbocycles. The number of aromatic nitrogens is 2. The topological polar surface area (TPSA) is 60.9 Å². The van der Waals surface area contributed by atoms with Crippen LogP contribution < -0.4 is 5.73 Å². The van der Waals surface area contributed by atoms with Crippen LogP contribution in [-0.2, 0) is 11.3 Å². The number of nitrogen functional groups attached to an aromatic ring is 1. The average Bonchev–Trinajstić information content (AvgIpc) is 2.13. The third-order valence-corrected chi connectivity index (χ3v) is 1.25. The van der Waals surface area contributed by atoms with E-state index in [1.807, 2.05) is 6.92 Å². The molecule has 0 aromatic carbocycles. The predicted molar refractivity (Wildman–Crippen MR) is 37.4 cm³/mol. The first kappa shape index (κ1) is 6.80. The molecule has 1 aromatic rings. The van der Waals surface area contributed by atoms with Crippen molar-refractivity contribution in [1.82, 2.24) is 9.78 Å². The number of anilines is 1. The molecule has 0 saturated carbocycles. The number of aldehydes is 1. The molecule has 4 nitrogen and oxygen atoms in total. The Bertz CT molecular complexity index is 241. The van der Waals surface area contributed by atoms with Crippen LogP contribution in [0.5, 0.6) is 0 Å². The summed E-state index contributed by atoms with van der Waals surface area (Å²) in [5, 5.41) is 3.86. The summed E-state index contributed by atoms with van der Waals surface area (Å²) in [7, 11) is 0. The molecule has 2 N–H and O–H groups in total. The lowest BCUT2D eigenvalue weighted by Crippen LogP contribution is -2.03. The highest BCUT2D eigenvalue weighted by molar-refractivity contribution is 5.49. The Labute approximate surface area is 58.6 Å². The second-order valence-corrected chi connectivity index (χ2v) is 2.06. The number of nitrogens with two attached hydrogens (primary N) is 1. The van der Waals surface area contributed by atoms with Crippen LogP contribution in [0.25, 0.3) is 0 Å². The van der Waals surface area contributed by atoms with E-state index >= 15 is 0 Å². The van der Waals surface area contributed by atoms with E-state index in [-0.39, 0.29) is 6.54 Å². The summed E-state index contributed by atoms with van der Waals surface area (Å²) in [6.45, 7) is 2.13. The van der Waals surface area contributed by atoms with Crippen molar-refractivity contribution >= 4 is 12.1 Å². The fraction of sp³-hybridized carbons (Fsp3) is 0.333. The first-order valence-electron chi connectivity index (χ1n) is 2.97. The molecule has 54 valence electrons. The van der Waals surface area contributed by atoms with Crippen LogP contribution in [0.1, 0.15) is 5.69 Å². The molecule has 1 heterocycles. The maximum Gasteiger partial charge on any atom is 0.145 e. The number of rotatable bonds is 2. The monoisotopic (exact) mass is 139 g/mol. The lowest BCUT2D eigenvalue weighted by Gasteiger charge is -1.94. The fourth-order valence-electron chi connectivity index (χ4n) is 0.791. The third-order valence-electron chi connectivity index (χ3n) is 1.25. The van der Waals surface area contributed by atoms with Crippen molar-refractivity contribution in [2.45, 2.75) is 13.5 Å². The van der Waals surface area contributed by atoms with Crippen LogP contribution in [-0.4, -0.2) is 16.1 Å². The van der Waals surface area contributed by atoms with Gasteiger partial charge in [0.25, 0.3) is 0 Å². The van der Waals surface area contributed by atoms with E-state index in [1.165, 1.54) is 0 Å². The van der Waals surface area contributed by atoms with Crippen molar-refractivity contribution < 1.29 is 4.79 Å². The van der Waals surface area contributed by atoms with Crippen molar-refractivity contribution in [2.75, 3.05) is 5.73 Å². The summed E-state index contributed by atoms with van der Waals surface area (Å²) < 4.78 is 1.56. The number of carbonyl (C=O) groups excluding carboxylic acids is 1. The van der Waals surface area contributed by atoms with Crippen LogP contribution in [0.15, 0.2) is 6.07 Å². The molecule has 4 heteroatoms. The molecule has 0 unspecified atom stereocenters. The summed E-state index contributed by atoms with van der Waals surface area (Å²) in [5.74, 6) is 0.458. The van der Waals surface area contributed by atoms with Gasteiger partial charge in [-0.3, -0.25) is 4.68 Å². The molecule has 0 saturated heterocycles. The fourth-order valence-corrected chi connectivity index (χ4v) is 0.791. The van der Waals surface area contributed by atoms with E-state index < -0.39 is 0 Å². The molecule has 0 spiro atoms. The maximum atomic E-state index is 10.0. The zero-order chi connectivity index (χ0) is 7.56. The smallest absolute Gasteiger partial charge is 0.145 e. The molecule has 0 atom stereocenters. The molecule has 0 aliphatic heterocycles. The third kappa shape index (κ3) is 1.15. The number of nitrogens with zero attached hydrogens (tertiary/aromatic N) is 2. The minimum absolute atomic E-state index is 0.281. The van der Waals surface area contributed by atoms with Crippen molar-refractivity contribution in [3.05, 3.63) is 11.8 Å². The molecular formula is C6H9N3O. The van der Waals surface area contributed by atoms with Crippen LogP contribution in [0.2, 0.25) is 0 Å². The van der Waals surface area contributed by atoms with Crippen molar-refractivity contribution in [3.8, 4) is 0 Å². The number of hydrogen-bond acceptors (Lipinski definition) is 3. The van der Waals surface area contributed by atoms with Crippen LogP contribution in [0.3, 0.4) is 0 Å². The maximum absolute atomic E-state index is 10.0.